The molecule has 0 radical (unpaired) electrons. The minimum absolute atomic E-state index is 0.0853. The van der Waals surface area contributed by atoms with Crippen LogP contribution in [0.25, 0.3) is 11.1 Å². The second kappa shape index (κ2) is 5.93. The molecule has 0 bridgehead atoms. The molecular formula is C13H13NO2S2. The lowest BCUT2D eigenvalue weighted by Gasteiger charge is -2.07. The third-order valence-corrected chi connectivity index (χ3v) is 4.39. The van der Waals surface area contributed by atoms with E-state index in [1.165, 1.54) is 0 Å². The van der Waals surface area contributed by atoms with E-state index >= 15 is 0 Å². The Morgan fingerprint density at radius 2 is 2.06 bits per heavy atom. The van der Waals surface area contributed by atoms with Crippen LogP contribution in [-0.2, 0) is 21.3 Å². The number of rotatable bonds is 5. The van der Waals surface area contributed by atoms with Gasteiger partial charge < -0.3 is 5.73 Å². The SMILES string of the molecule is NC(=O)C[S@](=O)Cc1ccccc1-c1ccsc1. The zero-order chi connectivity index (χ0) is 13.0. The minimum atomic E-state index is -1.24. The summed E-state index contributed by atoms with van der Waals surface area (Å²) in [6.45, 7) is 0. The Morgan fingerprint density at radius 1 is 1.28 bits per heavy atom. The summed E-state index contributed by atoms with van der Waals surface area (Å²) in [4.78, 5) is 10.7. The van der Waals surface area contributed by atoms with E-state index in [4.69, 9.17) is 5.73 Å². The highest BCUT2D eigenvalue weighted by molar-refractivity contribution is 7.84. The van der Waals surface area contributed by atoms with Crippen molar-refractivity contribution in [3.05, 3.63) is 46.7 Å². The highest BCUT2D eigenvalue weighted by Crippen LogP contribution is 2.26. The number of amides is 1. The first-order valence-corrected chi connectivity index (χ1v) is 7.83. The maximum atomic E-state index is 11.8. The predicted octanol–water partition coefficient (Wildman–Crippen LogP) is 2.15. The zero-order valence-electron chi connectivity index (χ0n) is 9.67. The lowest BCUT2D eigenvalue weighted by Crippen LogP contribution is -2.20. The van der Waals surface area contributed by atoms with Crippen LogP contribution >= 0.6 is 11.3 Å². The Balaban J connectivity index is 2.23. The number of benzene rings is 1. The number of primary amides is 1. The van der Waals surface area contributed by atoms with E-state index in [2.05, 4.69) is 5.38 Å². The molecule has 0 aliphatic rings. The summed E-state index contributed by atoms with van der Waals surface area (Å²) < 4.78 is 11.8. The van der Waals surface area contributed by atoms with Crippen molar-refractivity contribution in [3.63, 3.8) is 0 Å². The van der Waals surface area contributed by atoms with Crippen LogP contribution in [0.4, 0.5) is 0 Å². The van der Waals surface area contributed by atoms with Gasteiger partial charge >= 0.3 is 0 Å². The fourth-order valence-electron chi connectivity index (χ4n) is 1.73. The van der Waals surface area contributed by atoms with Gasteiger partial charge in [-0.1, -0.05) is 24.3 Å². The Bertz CT molecular complexity index is 564. The number of thiophene rings is 1. The first kappa shape index (κ1) is 13.0. The average Bonchev–Trinajstić information content (AvgIpc) is 2.81. The molecule has 1 aromatic heterocycles. The van der Waals surface area contributed by atoms with Crippen molar-refractivity contribution in [1.29, 1.82) is 0 Å². The molecule has 1 aromatic carbocycles. The summed E-state index contributed by atoms with van der Waals surface area (Å²) in [6, 6.07) is 9.82. The van der Waals surface area contributed by atoms with Gasteiger partial charge in [-0.15, -0.1) is 0 Å². The summed E-state index contributed by atoms with van der Waals surface area (Å²) >= 11 is 1.62. The van der Waals surface area contributed by atoms with Gasteiger partial charge in [-0.3, -0.25) is 9.00 Å². The second-order valence-electron chi connectivity index (χ2n) is 3.86. The monoisotopic (exact) mass is 279 g/mol. The van der Waals surface area contributed by atoms with Crippen LogP contribution in [0.15, 0.2) is 41.1 Å². The number of hydrogen-bond acceptors (Lipinski definition) is 3. The number of hydrogen-bond donors (Lipinski definition) is 1. The Morgan fingerprint density at radius 3 is 2.72 bits per heavy atom. The first-order valence-electron chi connectivity index (χ1n) is 5.40. The summed E-state index contributed by atoms with van der Waals surface area (Å²) in [7, 11) is -1.24. The van der Waals surface area contributed by atoms with Crippen molar-refractivity contribution in [2.75, 3.05) is 5.75 Å². The molecule has 0 unspecified atom stereocenters. The molecule has 1 atom stereocenters. The van der Waals surface area contributed by atoms with Gasteiger partial charge in [0.2, 0.25) is 5.91 Å². The molecular weight excluding hydrogens is 266 g/mol. The van der Waals surface area contributed by atoms with Gasteiger partial charge in [0.25, 0.3) is 0 Å². The quantitative estimate of drug-likeness (QED) is 0.911. The average molecular weight is 279 g/mol. The fraction of sp³-hybridized carbons (Fsp3) is 0.154. The van der Waals surface area contributed by atoms with Gasteiger partial charge in [0.15, 0.2) is 0 Å². The molecule has 2 N–H and O–H groups in total. The first-order chi connectivity index (χ1) is 8.66. The van der Waals surface area contributed by atoms with Crippen LogP contribution in [0.1, 0.15) is 5.56 Å². The van der Waals surface area contributed by atoms with Crippen molar-refractivity contribution in [2.45, 2.75) is 5.75 Å². The van der Waals surface area contributed by atoms with Crippen molar-refractivity contribution in [1.82, 2.24) is 0 Å². The Hall–Kier alpha value is -1.46. The topological polar surface area (TPSA) is 60.2 Å². The second-order valence-corrected chi connectivity index (χ2v) is 6.10. The van der Waals surface area contributed by atoms with E-state index in [1.54, 1.807) is 11.3 Å². The molecule has 0 fully saturated rings. The van der Waals surface area contributed by atoms with E-state index in [9.17, 15) is 9.00 Å². The largest absolute Gasteiger partial charge is 0.369 e. The van der Waals surface area contributed by atoms with Crippen LogP contribution in [0.5, 0.6) is 0 Å². The molecule has 94 valence electrons. The maximum Gasteiger partial charge on any atom is 0.230 e. The summed E-state index contributed by atoms with van der Waals surface area (Å²) in [6.07, 6.45) is 0. The van der Waals surface area contributed by atoms with E-state index in [1.807, 2.05) is 35.7 Å². The molecule has 18 heavy (non-hydrogen) atoms. The number of nitrogens with two attached hydrogens (primary N) is 1. The standard InChI is InChI=1S/C13H13NO2S2/c14-13(15)9-18(16)8-11-3-1-2-4-12(11)10-5-6-17-7-10/h1-7H,8-9H2,(H2,14,15)/t18-/m1/s1. The molecule has 2 rings (SSSR count). The molecule has 0 saturated heterocycles. The Labute approximate surface area is 112 Å². The summed E-state index contributed by atoms with van der Waals surface area (Å²) in [5.74, 6) is -0.256. The molecule has 0 aliphatic carbocycles. The highest BCUT2D eigenvalue weighted by Gasteiger charge is 2.10. The van der Waals surface area contributed by atoms with Crippen molar-refractivity contribution in [3.8, 4) is 11.1 Å². The van der Waals surface area contributed by atoms with Crippen LogP contribution in [0.3, 0.4) is 0 Å². The van der Waals surface area contributed by atoms with Gasteiger partial charge in [-0.25, -0.2) is 0 Å². The van der Waals surface area contributed by atoms with Gasteiger partial charge in [0.1, 0.15) is 5.75 Å². The maximum absolute atomic E-state index is 11.8. The molecule has 1 amide bonds. The van der Waals surface area contributed by atoms with Gasteiger partial charge in [0.05, 0.1) is 0 Å². The minimum Gasteiger partial charge on any atom is -0.369 e. The van der Waals surface area contributed by atoms with Crippen LogP contribution in [0.2, 0.25) is 0 Å². The van der Waals surface area contributed by atoms with E-state index in [0.717, 1.165) is 16.7 Å². The molecule has 0 spiro atoms. The van der Waals surface area contributed by atoms with Crippen molar-refractivity contribution in [2.24, 2.45) is 5.73 Å². The van der Waals surface area contributed by atoms with Gasteiger partial charge in [-0.2, -0.15) is 11.3 Å². The predicted molar refractivity (Wildman–Crippen MR) is 75.7 cm³/mol. The zero-order valence-corrected chi connectivity index (χ0v) is 11.3. The molecule has 5 heteroatoms. The lowest BCUT2D eigenvalue weighted by molar-refractivity contribution is -0.115. The van der Waals surface area contributed by atoms with Crippen LogP contribution in [0, 0.1) is 0 Å². The molecule has 1 heterocycles. The van der Waals surface area contributed by atoms with Crippen LogP contribution in [-0.4, -0.2) is 15.9 Å². The summed E-state index contributed by atoms with van der Waals surface area (Å²) in [5, 5.41) is 4.06. The van der Waals surface area contributed by atoms with E-state index in [0.29, 0.717) is 5.75 Å². The number of carbonyl (C=O) groups is 1. The van der Waals surface area contributed by atoms with Crippen LogP contribution < -0.4 is 5.73 Å². The smallest absolute Gasteiger partial charge is 0.230 e. The molecule has 3 nitrogen and oxygen atoms in total. The van der Waals surface area contributed by atoms with E-state index in [-0.39, 0.29) is 5.75 Å². The van der Waals surface area contributed by atoms with Crippen molar-refractivity contribution < 1.29 is 9.00 Å². The lowest BCUT2D eigenvalue weighted by atomic mass is 10.0. The molecule has 0 saturated carbocycles. The molecule has 0 aliphatic heterocycles. The number of carbonyl (C=O) groups excluding carboxylic acids is 1. The third kappa shape index (κ3) is 3.27. The van der Waals surface area contributed by atoms with E-state index < -0.39 is 16.7 Å². The normalized spacial score (nSPS) is 12.2. The fourth-order valence-corrected chi connectivity index (χ4v) is 3.40. The van der Waals surface area contributed by atoms with Crippen molar-refractivity contribution >= 4 is 28.0 Å². The third-order valence-electron chi connectivity index (χ3n) is 2.47. The van der Waals surface area contributed by atoms with Gasteiger partial charge in [0, 0.05) is 16.6 Å². The van der Waals surface area contributed by atoms with Gasteiger partial charge in [-0.05, 0) is 33.5 Å². The highest BCUT2D eigenvalue weighted by atomic mass is 32.2. The molecule has 2 aromatic rings. The summed E-state index contributed by atoms with van der Waals surface area (Å²) in [5.41, 5.74) is 8.21. The Kier molecular flexibility index (Phi) is 4.28.